The molecule has 0 aliphatic carbocycles. The summed E-state index contributed by atoms with van der Waals surface area (Å²) in [6, 6.07) is 7.03. The Labute approximate surface area is 145 Å². The predicted molar refractivity (Wildman–Crippen MR) is 89.1 cm³/mol. The summed E-state index contributed by atoms with van der Waals surface area (Å²) in [7, 11) is 1.84. The number of nitrogens with zero attached hydrogens (tertiary/aromatic N) is 2. The zero-order valence-electron chi connectivity index (χ0n) is 14.1. The fraction of sp³-hybridized carbons (Fsp3) is 0.444. The molecule has 1 N–H and O–H groups in total. The zero-order valence-corrected chi connectivity index (χ0v) is 14.1. The molecule has 0 bridgehead atoms. The highest BCUT2D eigenvalue weighted by atomic mass is 16.5. The van der Waals surface area contributed by atoms with Crippen molar-refractivity contribution >= 4 is 11.8 Å². The number of ether oxygens (including phenoxy) is 1. The lowest BCUT2D eigenvalue weighted by Crippen LogP contribution is -2.35. The Kier molecular flexibility index (Phi) is 4.09. The van der Waals surface area contributed by atoms with Crippen LogP contribution in [0, 0.1) is 5.92 Å². The Morgan fingerprint density at radius 1 is 1.28 bits per heavy atom. The van der Waals surface area contributed by atoms with Crippen molar-refractivity contribution in [3.8, 4) is 0 Å². The molecule has 25 heavy (non-hydrogen) atoms. The van der Waals surface area contributed by atoms with Crippen molar-refractivity contribution in [2.24, 2.45) is 13.0 Å². The molecule has 7 heteroatoms. The molecule has 2 aromatic rings. The lowest BCUT2D eigenvalue weighted by atomic mass is 10.0. The Bertz CT molecular complexity index is 753. The van der Waals surface area contributed by atoms with Gasteiger partial charge in [0.05, 0.1) is 18.5 Å². The molecule has 2 aliphatic heterocycles. The summed E-state index contributed by atoms with van der Waals surface area (Å²) in [4.78, 5) is 26.3. The first kappa shape index (κ1) is 16.0. The van der Waals surface area contributed by atoms with E-state index in [0.29, 0.717) is 37.0 Å². The van der Waals surface area contributed by atoms with Gasteiger partial charge in [0.15, 0.2) is 5.76 Å². The van der Waals surface area contributed by atoms with Gasteiger partial charge in [-0.1, -0.05) is 0 Å². The van der Waals surface area contributed by atoms with E-state index in [4.69, 9.17) is 9.15 Å². The number of carbonyl (C=O) groups is 2. The van der Waals surface area contributed by atoms with Gasteiger partial charge >= 0.3 is 0 Å². The van der Waals surface area contributed by atoms with Gasteiger partial charge in [0, 0.05) is 38.8 Å². The van der Waals surface area contributed by atoms with Gasteiger partial charge in [-0.05, 0) is 30.7 Å². The highest BCUT2D eigenvalue weighted by molar-refractivity contribution is 5.92. The van der Waals surface area contributed by atoms with Gasteiger partial charge < -0.3 is 23.9 Å². The fourth-order valence-corrected chi connectivity index (χ4v) is 3.71. The van der Waals surface area contributed by atoms with Crippen molar-refractivity contribution in [3.63, 3.8) is 0 Å². The van der Waals surface area contributed by atoms with Gasteiger partial charge in [-0.2, -0.15) is 0 Å². The molecule has 2 saturated heterocycles. The van der Waals surface area contributed by atoms with E-state index >= 15 is 0 Å². The Morgan fingerprint density at radius 3 is 2.84 bits per heavy atom. The number of hydrogen-bond donors (Lipinski definition) is 1. The summed E-state index contributed by atoms with van der Waals surface area (Å²) >= 11 is 0. The number of nitrogens with one attached hydrogen (secondary N) is 1. The Hall–Kier alpha value is -2.54. The van der Waals surface area contributed by atoms with E-state index in [2.05, 4.69) is 5.32 Å². The highest BCUT2D eigenvalue weighted by Gasteiger charge is 2.43. The molecular weight excluding hydrogens is 322 g/mol. The Balaban J connectivity index is 1.27. The van der Waals surface area contributed by atoms with Crippen LogP contribution in [0.4, 0.5) is 0 Å². The molecule has 2 aromatic heterocycles. The van der Waals surface area contributed by atoms with E-state index < -0.39 is 0 Å². The standard InChI is InChI=1S/C18H21N3O4/c1-20-6-2-4-14(20)17(22)19-9-13-8-12-10-21(11-16(12)25-13)18(23)15-5-3-7-24-15/h2-7,12-13,16H,8-11H2,1H3,(H,19,22)/t12-,13-,16+/m1/s1. The minimum absolute atomic E-state index is 0.0000770. The van der Waals surface area contributed by atoms with E-state index in [1.165, 1.54) is 6.26 Å². The van der Waals surface area contributed by atoms with Crippen molar-refractivity contribution in [2.45, 2.75) is 18.6 Å². The van der Waals surface area contributed by atoms with Crippen LogP contribution >= 0.6 is 0 Å². The second-order valence-electron chi connectivity index (χ2n) is 6.69. The van der Waals surface area contributed by atoms with Crippen molar-refractivity contribution < 1.29 is 18.7 Å². The van der Waals surface area contributed by atoms with Gasteiger partial charge in [-0.15, -0.1) is 0 Å². The maximum Gasteiger partial charge on any atom is 0.289 e. The Morgan fingerprint density at radius 2 is 2.16 bits per heavy atom. The van der Waals surface area contributed by atoms with Gasteiger partial charge in [-0.3, -0.25) is 9.59 Å². The molecule has 4 rings (SSSR count). The second-order valence-corrected chi connectivity index (χ2v) is 6.69. The monoisotopic (exact) mass is 343 g/mol. The van der Waals surface area contributed by atoms with Gasteiger partial charge in [0.25, 0.3) is 11.8 Å². The summed E-state index contributed by atoms with van der Waals surface area (Å²) in [5.74, 6) is 0.501. The zero-order chi connectivity index (χ0) is 17.4. The third kappa shape index (κ3) is 3.07. The number of amides is 2. The first-order valence-electron chi connectivity index (χ1n) is 8.49. The van der Waals surface area contributed by atoms with E-state index in [1.807, 2.05) is 19.3 Å². The molecule has 2 amide bonds. The van der Waals surface area contributed by atoms with Crippen LogP contribution in [-0.2, 0) is 11.8 Å². The third-order valence-electron chi connectivity index (χ3n) is 5.00. The van der Waals surface area contributed by atoms with Crippen molar-refractivity contribution in [3.05, 3.63) is 48.2 Å². The van der Waals surface area contributed by atoms with Crippen molar-refractivity contribution in [2.75, 3.05) is 19.6 Å². The molecule has 0 spiro atoms. The maximum absolute atomic E-state index is 12.3. The normalized spacial score (nSPS) is 25.2. The van der Waals surface area contributed by atoms with Crippen LogP contribution < -0.4 is 5.32 Å². The lowest BCUT2D eigenvalue weighted by molar-refractivity contribution is 0.0351. The molecule has 0 aromatic carbocycles. The fourth-order valence-electron chi connectivity index (χ4n) is 3.71. The van der Waals surface area contributed by atoms with Gasteiger partial charge in [0.1, 0.15) is 5.69 Å². The molecule has 132 valence electrons. The highest BCUT2D eigenvalue weighted by Crippen LogP contribution is 2.33. The third-order valence-corrected chi connectivity index (χ3v) is 5.00. The number of likely N-dealkylation sites (tertiary alicyclic amines) is 1. The maximum atomic E-state index is 12.3. The number of hydrogen-bond acceptors (Lipinski definition) is 4. The average Bonchev–Trinajstić information content (AvgIpc) is 3.35. The SMILES string of the molecule is Cn1cccc1C(=O)NC[C@H]1C[C@@H]2CN(C(=O)c3ccco3)C[C@@H]2O1. The van der Waals surface area contributed by atoms with E-state index in [9.17, 15) is 9.59 Å². The summed E-state index contributed by atoms with van der Waals surface area (Å²) < 4.78 is 13.0. The average molecular weight is 343 g/mol. The predicted octanol–water partition coefficient (Wildman–Crippen LogP) is 1.28. The number of aromatic nitrogens is 1. The number of aryl methyl sites for hydroxylation is 1. The van der Waals surface area contributed by atoms with Crippen LogP contribution in [0.5, 0.6) is 0 Å². The largest absolute Gasteiger partial charge is 0.459 e. The quantitative estimate of drug-likeness (QED) is 0.907. The van der Waals surface area contributed by atoms with E-state index in [-0.39, 0.29) is 24.0 Å². The molecule has 0 unspecified atom stereocenters. The molecule has 2 aliphatic rings. The summed E-state index contributed by atoms with van der Waals surface area (Å²) in [6.07, 6.45) is 4.23. The molecule has 7 nitrogen and oxygen atoms in total. The van der Waals surface area contributed by atoms with Crippen LogP contribution in [0.1, 0.15) is 27.5 Å². The summed E-state index contributed by atoms with van der Waals surface area (Å²) in [6.45, 7) is 1.74. The number of carbonyl (C=O) groups excluding carboxylic acids is 2. The number of fused-ring (bicyclic) bond motifs is 1. The van der Waals surface area contributed by atoms with Crippen LogP contribution in [0.25, 0.3) is 0 Å². The van der Waals surface area contributed by atoms with E-state index in [1.54, 1.807) is 27.7 Å². The van der Waals surface area contributed by atoms with Gasteiger partial charge in [-0.25, -0.2) is 0 Å². The lowest BCUT2D eigenvalue weighted by Gasteiger charge is -2.18. The molecule has 2 fully saturated rings. The first-order valence-corrected chi connectivity index (χ1v) is 8.49. The molecule has 0 saturated carbocycles. The summed E-state index contributed by atoms with van der Waals surface area (Å²) in [5, 5.41) is 2.93. The van der Waals surface area contributed by atoms with Crippen molar-refractivity contribution in [1.82, 2.24) is 14.8 Å². The van der Waals surface area contributed by atoms with Crippen LogP contribution in [0.15, 0.2) is 41.1 Å². The molecule has 0 radical (unpaired) electrons. The van der Waals surface area contributed by atoms with Crippen molar-refractivity contribution in [1.29, 1.82) is 0 Å². The number of rotatable bonds is 4. The minimum Gasteiger partial charge on any atom is -0.459 e. The van der Waals surface area contributed by atoms with E-state index in [0.717, 1.165) is 6.42 Å². The molecule has 3 atom stereocenters. The second kappa shape index (κ2) is 6.40. The minimum atomic E-state index is -0.0946. The first-order chi connectivity index (χ1) is 12.1. The smallest absolute Gasteiger partial charge is 0.289 e. The van der Waals surface area contributed by atoms with Crippen LogP contribution in [0.2, 0.25) is 0 Å². The van der Waals surface area contributed by atoms with Crippen LogP contribution in [-0.4, -0.2) is 53.1 Å². The van der Waals surface area contributed by atoms with Gasteiger partial charge in [0.2, 0.25) is 0 Å². The topological polar surface area (TPSA) is 76.7 Å². The van der Waals surface area contributed by atoms with Crippen LogP contribution in [0.3, 0.4) is 0 Å². The molecule has 4 heterocycles. The summed E-state index contributed by atoms with van der Waals surface area (Å²) in [5.41, 5.74) is 0.633. The molecular formula is C18H21N3O4. The number of furan rings is 1.